The second-order valence-corrected chi connectivity index (χ2v) is 6.58. The molecule has 0 amide bonds. The molecule has 2 heterocycles. The Morgan fingerprint density at radius 3 is 2.81 bits per heavy atom. The third-order valence-corrected chi connectivity index (χ3v) is 4.51. The molecule has 1 N–H and O–H groups in total. The second-order valence-electron chi connectivity index (χ2n) is 4.71. The minimum absolute atomic E-state index is 0.677. The SMILES string of the molecule is Cc1cc(CNc2cc(-n3cnnn3)ccc2Cl)c(C)s1. The molecule has 108 valence electrons. The molecular weight excluding hydrogens is 306 g/mol. The Hall–Kier alpha value is -1.92. The molecule has 2 aromatic heterocycles. The molecule has 3 aromatic rings. The van der Waals surface area contributed by atoms with Gasteiger partial charge in [0.05, 0.1) is 16.4 Å². The lowest BCUT2D eigenvalue weighted by molar-refractivity contribution is 0.789. The number of aryl methyl sites for hydroxylation is 2. The van der Waals surface area contributed by atoms with Gasteiger partial charge in [-0.3, -0.25) is 0 Å². The number of hydrogen-bond acceptors (Lipinski definition) is 5. The molecule has 0 bridgehead atoms. The first-order valence-corrected chi connectivity index (χ1v) is 7.65. The summed E-state index contributed by atoms with van der Waals surface area (Å²) in [5.41, 5.74) is 3.03. The molecule has 0 saturated carbocycles. The summed E-state index contributed by atoms with van der Waals surface area (Å²) in [5, 5.41) is 15.2. The highest BCUT2D eigenvalue weighted by molar-refractivity contribution is 7.12. The lowest BCUT2D eigenvalue weighted by atomic mass is 10.2. The van der Waals surface area contributed by atoms with Gasteiger partial charge >= 0.3 is 0 Å². The van der Waals surface area contributed by atoms with E-state index in [-0.39, 0.29) is 0 Å². The van der Waals surface area contributed by atoms with Crippen LogP contribution < -0.4 is 5.32 Å². The fourth-order valence-corrected chi connectivity index (χ4v) is 3.25. The molecule has 0 unspecified atom stereocenters. The number of nitrogens with one attached hydrogen (secondary N) is 1. The minimum atomic E-state index is 0.677. The quantitative estimate of drug-likeness (QED) is 0.798. The minimum Gasteiger partial charge on any atom is -0.380 e. The average Bonchev–Trinajstić information content (AvgIpc) is 3.08. The van der Waals surface area contributed by atoms with Crippen molar-refractivity contribution < 1.29 is 0 Å². The van der Waals surface area contributed by atoms with Crippen LogP contribution in [0.1, 0.15) is 15.3 Å². The highest BCUT2D eigenvalue weighted by Gasteiger charge is 2.07. The van der Waals surface area contributed by atoms with Crippen molar-refractivity contribution in [3.8, 4) is 5.69 Å². The van der Waals surface area contributed by atoms with Crippen molar-refractivity contribution in [3.05, 3.63) is 50.9 Å². The first kappa shape index (κ1) is 14.0. The van der Waals surface area contributed by atoms with Gasteiger partial charge in [0.15, 0.2) is 0 Å². The maximum Gasteiger partial charge on any atom is 0.143 e. The fraction of sp³-hybridized carbons (Fsp3) is 0.214. The predicted octanol–water partition coefficient (Wildman–Crippen LogP) is 3.61. The fourth-order valence-electron chi connectivity index (χ4n) is 2.12. The van der Waals surface area contributed by atoms with Crippen molar-refractivity contribution in [2.45, 2.75) is 20.4 Å². The molecule has 1 aromatic carbocycles. The third-order valence-electron chi connectivity index (χ3n) is 3.18. The molecule has 0 spiro atoms. The molecule has 3 rings (SSSR count). The molecule has 0 aliphatic heterocycles. The van der Waals surface area contributed by atoms with Gasteiger partial charge in [-0.15, -0.1) is 16.4 Å². The van der Waals surface area contributed by atoms with E-state index >= 15 is 0 Å². The summed E-state index contributed by atoms with van der Waals surface area (Å²) >= 11 is 8.05. The third kappa shape index (κ3) is 3.06. The zero-order valence-corrected chi connectivity index (χ0v) is 13.2. The first-order chi connectivity index (χ1) is 10.1. The molecular formula is C14H14ClN5S. The second kappa shape index (κ2) is 5.83. The van der Waals surface area contributed by atoms with Gasteiger partial charge < -0.3 is 5.32 Å². The van der Waals surface area contributed by atoms with E-state index in [2.05, 4.69) is 40.8 Å². The molecule has 0 aliphatic rings. The van der Waals surface area contributed by atoms with Gasteiger partial charge in [0.1, 0.15) is 6.33 Å². The Morgan fingerprint density at radius 2 is 2.14 bits per heavy atom. The van der Waals surface area contributed by atoms with E-state index in [0.717, 1.165) is 17.9 Å². The molecule has 0 fully saturated rings. The van der Waals surface area contributed by atoms with Gasteiger partial charge in [-0.25, -0.2) is 4.68 Å². The summed E-state index contributed by atoms with van der Waals surface area (Å²) in [5.74, 6) is 0. The van der Waals surface area contributed by atoms with Crippen molar-refractivity contribution in [3.63, 3.8) is 0 Å². The topological polar surface area (TPSA) is 55.6 Å². The zero-order valence-electron chi connectivity index (χ0n) is 11.7. The van der Waals surface area contributed by atoms with Crippen molar-refractivity contribution in [2.75, 3.05) is 5.32 Å². The lowest BCUT2D eigenvalue weighted by Crippen LogP contribution is -2.02. The number of tetrazole rings is 1. The maximum absolute atomic E-state index is 6.25. The number of benzene rings is 1. The van der Waals surface area contributed by atoms with Crippen LogP contribution in [0.15, 0.2) is 30.6 Å². The van der Waals surface area contributed by atoms with Crippen LogP contribution in [0.5, 0.6) is 0 Å². The Kier molecular flexibility index (Phi) is 3.90. The first-order valence-electron chi connectivity index (χ1n) is 6.46. The highest BCUT2D eigenvalue weighted by atomic mass is 35.5. The molecule has 5 nitrogen and oxygen atoms in total. The molecule has 0 atom stereocenters. The number of hydrogen-bond donors (Lipinski definition) is 1. The van der Waals surface area contributed by atoms with Gasteiger partial charge in [-0.1, -0.05) is 11.6 Å². The van der Waals surface area contributed by atoms with Crippen molar-refractivity contribution in [2.24, 2.45) is 0 Å². The number of aromatic nitrogens is 4. The standard InChI is InChI=1S/C14H14ClN5S/c1-9-5-11(10(2)21-9)7-16-14-6-12(3-4-13(14)15)20-8-17-18-19-20/h3-6,8,16H,7H2,1-2H3. The average molecular weight is 320 g/mol. The number of thiophene rings is 1. The van der Waals surface area contributed by atoms with E-state index in [1.54, 1.807) is 22.3 Å². The molecule has 21 heavy (non-hydrogen) atoms. The van der Waals surface area contributed by atoms with Crippen LogP contribution in [-0.2, 0) is 6.54 Å². The van der Waals surface area contributed by atoms with E-state index in [4.69, 9.17) is 11.6 Å². The summed E-state index contributed by atoms with van der Waals surface area (Å²) in [7, 11) is 0. The molecule has 0 radical (unpaired) electrons. The van der Waals surface area contributed by atoms with Crippen molar-refractivity contribution >= 4 is 28.6 Å². The van der Waals surface area contributed by atoms with E-state index in [1.165, 1.54) is 15.3 Å². The van der Waals surface area contributed by atoms with Crippen LogP contribution >= 0.6 is 22.9 Å². The van der Waals surface area contributed by atoms with E-state index in [9.17, 15) is 0 Å². The van der Waals surface area contributed by atoms with Gasteiger partial charge in [0.25, 0.3) is 0 Å². The normalized spacial score (nSPS) is 10.8. The summed E-state index contributed by atoms with van der Waals surface area (Å²) < 4.78 is 1.60. The van der Waals surface area contributed by atoms with E-state index in [1.807, 2.05) is 18.2 Å². The summed E-state index contributed by atoms with van der Waals surface area (Å²) in [4.78, 5) is 2.64. The number of halogens is 1. The Balaban J connectivity index is 1.82. The lowest BCUT2D eigenvalue weighted by Gasteiger charge is -2.10. The monoisotopic (exact) mass is 319 g/mol. The van der Waals surface area contributed by atoms with Crippen molar-refractivity contribution in [1.29, 1.82) is 0 Å². The van der Waals surface area contributed by atoms with E-state index < -0.39 is 0 Å². The van der Waals surface area contributed by atoms with Gasteiger partial charge in [0, 0.05) is 16.3 Å². The van der Waals surface area contributed by atoms with Gasteiger partial charge in [-0.05, 0) is 54.1 Å². The summed E-state index contributed by atoms with van der Waals surface area (Å²) in [6.45, 7) is 5.00. The van der Waals surface area contributed by atoms with Crippen LogP contribution in [0.25, 0.3) is 5.69 Å². The number of rotatable bonds is 4. The Labute approximate surface area is 131 Å². The van der Waals surface area contributed by atoms with Crippen LogP contribution in [0.4, 0.5) is 5.69 Å². The van der Waals surface area contributed by atoms with Gasteiger partial charge in [0.2, 0.25) is 0 Å². The zero-order chi connectivity index (χ0) is 14.8. The Morgan fingerprint density at radius 1 is 1.29 bits per heavy atom. The number of nitrogens with zero attached hydrogens (tertiary/aromatic N) is 4. The van der Waals surface area contributed by atoms with E-state index in [0.29, 0.717) is 5.02 Å². The molecule has 0 aliphatic carbocycles. The van der Waals surface area contributed by atoms with Crippen molar-refractivity contribution in [1.82, 2.24) is 20.2 Å². The van der Waals surface area contributed by atoms with Crippen LogP contribution in [0, 0.1) is 13.8 Å². The molecule has 0 saturated heterocycles. The van der Waals surface area contributed by atoms with Crippen LogP contribution in [0.3, 0.4) is 0 Å². The Bertz CT molecular complexity index is 751. The summed E-state index contributed by atoms with van der Waals surface area (Å²) in [6.07, 6.45) is 1.55. The number of anilines is 1. The highest BCUT2D eigenvalue weighted by Crippen LogP contribution is 2.27. The maximum atomic E-state index is 6.25. The van der Waals surface area contributed by atoms with Gasteiger partial charge in [-0.2, -0.15) is 0 Å². The van der Waals surface area contributed by atoms with Crippen LogP contribution in [-0.4, -0.2) is 20.2 Å². The predicted molar refractivity (Wildman–Crippen MR) is 85.3 cm³/mol. The largest absolute Gasteiger partial charge is 0.380 e. The summed E-state index contributed by atoms with van der Waals surface area (Å²) in [6, 6.07) is 7.86. The smallest absolute Gasteiger partial charge is 0.143 e. The van der Waals surface area contributed by atoms with Crippen LogP contribution in [0.2, 0.25) is 5.02 Å². The molecule has 7 heteroatoms.